The smallest absolute Gasteiger partial charge is 0.135 e. The van der Waals surface area contributed by atoms with Crippen LogP contribution in [0.3, 0.4) is 0 Å². The van der Waals surface area contributed by atoms with Crippen LogP contribution in [0.5, 0.6) is 0 Å². The fourth-order valence-electron chi connectivity index (χ4n) is 1.28. The lowest BCUT2D eigenvalue weighted by atomic mass is 10.2. The Morgan fingerprint density at radius 1 is 1.07 bits per heavy atom. The van der Waals surface area contributed by atoms with Crippen LogP contribution in [0.2, 0.25) is 10.0 Å². The standard InChI is InChI=1S/C11H7Cl3O/c12-6-8-2-4-11(15-8)9-5-7(13)1-3-10(9)14/h1-5H,6H2. The van der Waals surface area contributed by atoms with Gasteiger partial charge in [0.25, 0.3) is 0 Å². The lowest BCUT2D eigenvalue weighted by Gasteiger charge is -2.01. The van der Waals surface area contributed by atoms with Gasteiger partial charge in [-0.3, -0.25) is 0 Å². The quantitative estimate of drug-likeness (QED) is 0.694. The maximum atomic E-state index is 6.03. The molecule has 1 aromatic heterocycles. The number of alkyl halides is 1. The first kappa shape index (κ1) is 10.9. The van der Waals surface area contributed by atoms with Gasteiger partial charge in [-0.25, -0.2) is 0 Å². The van der Waals surface area contributed by atoms with Gasteiger partial charge < -0.3 is 4.42 Å². The van der Waals surface area contributed by atoms with Crippen molar-refractivity contribution in [2.45, 2.75) is 5.88 Å². The SMILES string of the molecule is ClCc1ccc(-c2cc(Cl)ccc2Cl)o1. The van der Waals surface area contributed by atoms with Gasteiger partial charge in [-0.1, -0.05) is 23.2 Å². The molecule has 0 saturated carbocycles. The number of furan rings is 1. The topological polar surface area (TPSA) is 13.1 Å². The van der Waals surface area contributed by atoms with Gasteiger partial charge in [0.15, 0.2) is 0 Å². The molecule has 0 aliphatic carbocycles. The molecular weight excluding hydrogens is 254 g/mol. The summed E-state index contributed by atoms with van der Waals surface area (Å²) < 4.78 is 5.48. The molecule has 0 atom stereocenters. The number of benzene rings is 1. The maximum Gasteiger partial charge on any atom is 0.135 e. The first-order valence-corrected chi connectivity index (χ1v) is 5.60. The summed E-state index contributed by atoms with van der Waals surface area (Å²) in [6, 6.07) is 8.89. The molecule has 0 amide bonds. The highest BCUT2D eigenvalue weighted by Crippen LogP contribution is 2.31. The largest absolute Gasteiger partial charge is 0.460 e. The molecule has 2 rings (SSSR count). The monoisotopic (exact) mass is 260 g/mol. The summed E-state index contributed by atoms with van der Waals surface area (Å²) in [6.07, 6.45) is 0. The van der Waals surface area contributed by atoms with E-state index in [-0.39, 0.29) is 0 Å². The third-order valence-electron chi connectivity index (χ3n) is 1.99. The number of halogens is 3. The normalized spacial score (nSPS) is 10.6. The summed E-state index contributed by atoms with van der Waals surface area (Å²) in [5, 5.41) is 1.23. The van der Waals surface area contributed by atoms with Gasteiger partial charge in [0.2, 0.25) is 0 Å². The fraction of sp³-hybridized carbons (Fsp3) is 0.0909. The summed E-state index contributed by atoms with van der Waals surface area (Å²) in [7, 11) is 0. The lowest BCUT2D eigenvalue weighted by molar-refractivity contribution is 0.543. The van der Waals surface area contributed by atoms with Crippen LogP contribution in [0.15, 0.2) is 34.7 Å². The van der Waals surface area contributed by atoms with Crippen molar-refractivity contribution in [2.75, 3.05) is 0 Å². The molecule has 1 aromatic carbocycles. The minimum absolute atomic E-state index is 0.345. The van der Waals surface area contributed by atoms with Gasteiger partial charge in [0.1, 0.15) is 11.5 Å². The molecule has 2 aromatic rings. The summed E-state index contributed by atoms with van der Waals surface area (Å²) >= 11 is 17.6. The van der Waals surface area contributed by atoms with E-state index in [1.54, 1.807) is 18.2 Å². The molecule has 0 saturated heterocycles. The number of rotatable bonds is 2. The highest BCUT2D eigenvalue weighted by atomic mass is 35.5. The van der Waals surface area contributed by atoms with E-state index in [0.717, 1.165) is 5.56 Å². The molecule has 78 valence electrons. The fourth-order valence-corrected chi connectivity index (χ4v) is 1.81. The van der Waals surface area contributed by atoms with Gasteiger partial charge in [-0.2, -0.15) is 0 Å². The molecule has 0 N–H and O–H groups in total. The third-order valence-corrected chi connectivity index (χ3v) is 2.82. The van der Waals surface area contributed by atoms with Crippen molar-refractivity contribution in [3.8, 4) is 11.3 Å². The van der Waals surface area contributed by atoms with E-state index in [1.165, 1.54) is 0 Å². The molecule has 15 heavy (non-hydrogen) atoms. The van der Waals surface area contributed by atoms with Crippen LogP contribution < -0.4 is 0 Å². The molecule has 0 bridgehead atoms. The van der Waals surface area contributed by atoms with E-state index < -0.39 is 0 Å². The average molecular weight is 262 g/mol. The zero-order chi connectivity index (χ0) is 10.8. The number of hydrogen-bond donors (Lipinski definition) is 0. The van der Waals surface area contributed by atoms with E-state index in [1.807, 2.05) is 12.1 Å². The van der Waals surface area contributed by atoms with Crippen LogP contribution in [0, 0.1) is 0 Å². The van der Waals surface area contributed by atoms with Gasteiger partial charge in [0.05, 0.1) is 10.9 Å². The minimum Gasteiger partial charge on any atom is -0.460 e. The van der Waals surface area contributed by atoms with E-state index in [2.05, 4.69) is 0 Å². The van der Waals surface area contributed by atoms with E-state index in [4.69, 9.17) is 39.2 Å². The van der Waals surface area contributed by atoms with Crippen LogP contribution in [0.25, 0.3) is 11.3 Å². The molecule has 1 heterocycles. The second kappa shape index (κ2) is 4.48. The van der Waals surface area contributed by atoms with Crippen LogP contribution in [0.1, 0.15) is 5.76 Å². The van der Waals surface area contributed by atoms with Crippen molar-refractivity contribution in [1.82, 2.24) is 0 Å². The van der Waals surface area contributed by atoms with Crippen molar-refractivity contribution in [3.05, 3.63) is 46.1 Å². The predicted octanol–water partition coefficient (Wildman–Crippen LogP) is 4.99. The van der Waals surface area contributed by atoms with E-state index in [9.17, 15) is 0 Å². The highest BCUT2D eigenvalue weighted by Gasteiger charge is 2.08. The summed E-state index contributed by atoms with van der Waals surface area (Å²) in [4.78, 5) is 0. The first-order valence-electron chi connectivity index (χ1n) is 4.31. The van der Waals surface area contributed by atoms with Crippen molar-refractivity contribution in [1.29, 1.82) is 0 Å². The van der Waals surface area contributed by atoms with Crippen molar-refractivity contribution in [2.24, 2.45) is 0 Å². The van der Waals surface area contributed by atoms with Gasteiger partial charge >= 0.3 is 0 Å². The lowest BCUT2D eigenvalue weighted by Crippen LogP contribution is -1.76. The summed E-state index contributed by atoms with van der Waals surface area (Å²) in [5.74, 6) is 1.74. The average Bonchev–Trinajstić information content (AvgIpc) is 2.70. The van der Waals surface area contributed by atoms with Crippen LogP contribution in [-0.2, 0) is 5.88 Å². The second-order valence-corrected chi connectivity index (χ2v) is 4.13. The van der Waals surface area contributed by atoms with Gasteiger partial charge in [-0.05, 0) is 30.3 Å². The zero-order valence-corrected chi connectivity index (χ0v) is 9.90. The van der Waals surface area contributed by atoms with E-state index >= 15 is 0 Å². The summed E-state index contributed by atoms with van der Waals surface area (Å²) in [6.45, 7) is 0. The Hall–Kier alpha value is -0.630. The van der Waals surface area contributed by atoms with Crippen molar-refractivity contribution in [3.63, 3.8) is 0 Å². The Bertz CT molecular complexity index is 476. The second-order valence-electron chi connectivity index (χ2n) is 3.02. The molecule has 0 unspecified atom stereocenters. The Morgan fingerprint density at radius 2 is 1.87 bits per heavy atom. The van der Waals surface area contributed by atoms with Crippen LogP contribution in [-0.4, -0.2) is 0 Å². The molecule has 4 heteroatoms. The molecular formula is C11H7Cl3O. The maximum absolute atomic E-state index is 6.03. The molecule has 0 spiro atoms. The van der Waals surface area contributed by atoms with Gasteiger partial charge in [-0.15, -0.1) is 11.6 Å². The highest BCUT2D eigenvalue weighted by molar-refractivity contribution is 6.35. The summed E-state index contributed by atoms with van der Waals surface area (Å²) in [5.41, 5.74) is 0.778. The minimum atomic E-state index is 0.345. The molecule has 0 fully saturated rings. The molecule has 1 nitrogen and oxygen atoms in total. The Labute approximate surface area is 103 Å². The van der Waals surface area contributed by atoms with Crippen LogP contribution in [0.4, 0.5) is 0 Å². The Kier molecular flexibility index (Phi) is 3.25. The van der Waals surface area contributed by atoms with Gasteiger partial charge in [0, 0.05) is 10.6 Å². The van der Waals surface area contributed by atoms with Crippen molar-refractivity contribution < 1.29 is 4.42 Å². The third kappa shape index (κ3) is 2.31. The van der Waals surface area contributed by atoms with Crippen LogP contribution >= 0.6 is 34.8 Å². The Balaban J connectivity index is 2.48. The molecule has 0 aliphatic heterocycles. The molecule has 0 radical (unpaired) electrons. The first-order chi connectivity index (χ1) is 7.20. The molecule has 0 aliphatic rings. The number of hydrogen-bond acceptors (Lipinski definition) is 1. The zero-order valence-electron chi connectivity index (χ0n) is 7.64. The van der Waals surface area contributed by atoms with Crippen molar-refractivity contribution >= 4 is 34.8 Å². The Morgan fingerprint density at radius 3 is 2.53 bits per heavy atom. The van der Waals surface area contributed by atoms with E-state index in [0.29, 0.717) is 27.4 Å². The predicted molar refractivity (Wildman–Crippen MR) is 63.7 cm³/mol.